The zero-order valence-corrected chi connectivity index (χ0v) is 15.1. The summed E-state index contributed by atoms with van der Waals surface area (Å²) >= 11 is 1.02. The average molecular weight is 404 g/mol. The van der Waals surface area contributed by atoms with Crippen LogP contribution in [0.3, 0.4) is 0 Å². The van der Waals surface area contributed by atoms with Crippen molar-refractivity contribution in [2.75, 3.05) is 11.9 Å². The summed E-state index contributed by atoms with van der Waals surface area (Å²) in [4.78, 5) is 23.9. The molecule has 0 bridgehead atoms. The molecule has 7 nitrogen and oxygen atoms in total. The lowest BCUT2D eigenvalue weighted by atomic mass is 10.3. The number of carbonyl (C=O) groups excluding carboxylic acids is 2. The molecule has 2 N–H and O–H groups in total. The normalized spacial score (nSPS) is 10.4. The number of nitrogens with one attached hydrogen (secondary N) is 2. The van der Waals surface area contributed by atoms with Crippen LogP contribution in [-0.4, -0.2) is 28.6 Å². The van der Waals surface area contributed by atoms with E-state index in [4.69, 9.17) is 4.74 Å². The molecule has 0 saturated carbocycles. The van der Waals surface area contributed by atoms with Crippen LogP contribution in [0.1, 0.15) is 14.8 Å². The van der Waals surface area contributed by atoms with Gasteiger partial charge in [0, 0.05) is 5.69 Å². The van der Waals surface area contributed by atoms with Crippen LogP contribution in [0, 0.1) is 11.6 Å². The van der Waals surface area contributed by atoms with Crippen molar-refractivity contribution in [1.82, 2.24) is 15.5 Å². The molecule has 3 aromatic rings. The molecule has 10 heteroatoms. The first-order valence-electron chi connectivity index (χ1n) is 8.04. The standard InChI is InChI=1S/C18H14F2N4O3S/c19-11-1-5-13(6-2-11)22-17(26)18-24-23-16(28-18)9-21-15(25)10-27-14-7-3-12(20)4-8-14/h1-8H,9-10H2,(H,21,25)(H,22,26). The summed E-state index contributed by atoms with van der Waals surface area (Å²) in [6.07, 6.45) is 0. The highest BCUT2D eigenvalue weighted by atomic mass is 32.1. The summed E-state index contributed by atoms with van der Waals surface area (Å²) in [7, 11) is 0. The number of hydrogen-bond donors (Lipinski definition) is 2. The number of rotatable bonds is 7. The highest BCUT2D eigenvalue weighted by molar-refractivity contribution is 7.13. The first kappa shape index (κ1) is 19.4. The molecule has 0 aliphatic heterocycles. The van der Waals surface area contributed by atoms with Crippen LogP contribution in [0.25, 0.3) is 0 Å². The molecular weight excluding hydrogens is 390 g/mol. The van der Waals surface area contributed by atoms with Crippen molar-refractivity contribution in [2.24, 2.45) is 0 Å². The predicted octanol–water partition coefficient (Wildman–Crippen LogP) is 2.76. The van der Waals surface area contributed by atoms with Gasteiger partial charge in [-0.05, 0) is 48.5 Å². The maximum absolute atomic E-state index is 12.9. The third-order valence-electron chi connectivity index (χ3n) is 3.38. The van der Waals surface area contributed by atoms with Crippen molar-refractivity contribution in [3.63, 3.8) is 0 Å². The Morgan fingerprint density at radius 1 is 0.964 bits per heavy atom. The number of halogens is 2. The van der Waals surface area contributed by atoms with Crippen molar-refractivity contribution >= 4 is 28.8 Å². The number of nitrogens with zero attached hydrogens (tertiary/aromatic N) is 2. The Kier molecular flexibility index (Phi) is 6.22. The van der Waals surface area contributed by atoms with E-state index < -0.39 is 23.4 Å². The lowest BCUT2D eigenvalue weighted by molar-refractivity contribution is -0.123. The number of ether oxygens (including phenoxy) is 1. The van der Waals surface area contributed by atoms with Gasteiger partial charge in [0.05, 0.1) is 6.54 Å². The first-order valence-corrected chi connectivity index (χ1v) is 8.85. The fraction of sp³-hybridized carbons (Fsp3) is 0.111. The van der Waals surface area contributed by atoms with Gasteiger partial charge in [-0.2, -0.15) is 0 Å². The zero-order valence-electron chi connectivity index (χ0n) is 14.3. The van der Waals surface area contributed by atoms with Gasteiger partial charge in [-0.1, -0.05) is 11.3 Å². The van der Waals surface area contributed by atoms with E-state index in [0.717, 1.165) is 11.3 Å². The van der Waals surface area contributed by atoms with E-state index in [0.29, 0.717) is 16.4 Å². The second-order valence-electron chi connectivity index (χ2n) is 5.48. The molecule has 0 radical (unpaired) electrons. The molecule has 1 aromatic heterocycles. The van der Waals surface area contributed by atoms with Crippen LogP contribution in [0.15, 0.2) is 48.5 Å². The van der Waals surface area contributed by atoms with Gasteiger partial charge in [-0.15, -0.1) is 10.2 Å². The fourth-order valence-electron chi connectivity index (χ4n) is 2.04. The van der Waals surface area contributed by atoms with Crippen LogP contribution in [-0.2, 0) is 11.3 Å². The summed E-state index contributed by atoms with van der Waals surface area (Å²) in [6, 6.07) is 10.6. The number of aromatic nitrogens is 2. The molecule has 144 valence electrons. The van der Waals surface area contributed by atoms with E-state index in [1.807, 2.05) is 0 Å². The van der Waals surface area contributed by atoms with E-state index >= 15 is 0 Å². The largest absolute Gasteiger partial charge is 0.484 e. The number of amides is 2. The Bertz CT molecular complexity index is 962. The molecule has 0 spiro atoms. The van der Waals surface area contributed by atoms with E-state index in [-0.39, 0.29) is 18.2 Å². The third kappa shape index (κ3) is 5.55. The lowest BCUT2D eigenvalue weighted by Gasteiger charge is -2.06. The second-order valence-corrected chi connectivity index (χ2v) is 6.54. The molecule has 0 fully saturated rings. The Morgan fingerprint density at radius 2 is 1.61 bits per heavy atom. The Morgan fingerprint density at radius 3 is 2.29 bits per heavy atom. The van der Waals surface area contributed by atoms with E-state index in [2.05, 4.69) is 20.8 Å². The molecule has 2 amide bonds. The van der Waals surface area contributed by atoms with Crippen molar-refractivity contribution < 1.29 is 23.1 Å². The monoisotopic (exact) mass is 404 g/mol. The highest BCUT2D eigenvalue weighted by Gasteiger charge is 2.14. The topological polar surface area (TPSA) is 93.2 Å². The lowest BCUT2D eigenvalue weighted by Crippen LogP contribution is -2.28. The molecule has 28 heavy (non-hydrogen) atoms. The van der Waals surface area contributed by atoms with Crippen LogP contribution in [0.4, 0.5) is 14.5 Å². The fourth-order valence-corrected chi connectivity index (χ4v) is 2.71. The van der Waals surface area contributed by atoms with Gasteiger partial charge in [0.1, 0.15) is 22.4 Å². The molecule has 2 aromatic carbocycles. The number of anilines is 1. The highest BCUT2D eigenvalue weighted by Crippen LogP contribution is 2.14. The maximum Gasteiger partial charge on any atom is 0.286 e. The van der Waals surface area contributed by atoms with E-state index in [1.54, 1.807) is 0 Å². The van der Waals surface area contributed by atoms with Crippen LogP contribution in [0.2, 0.25) is 0 Å². The predicted molar refractivity (Wildman–Crippen MR) is 98.0 cm³/mol. The van der Waals surface area contributed by atoms with Crippen LogP contribution < -0.4 is 15.4 Å². The van der Waals surface area contributed by atoms with Crippen molar-refractivity contribution in [2.45, 2.75) is 6.54 Å². The number of hydrogen-bond acceptors (Lipinski definition) is 6. The Balaban J connectivity index is 1.45. The summed E-state index contributed by atoms with van der Waals surface area (Å²) in [6.45, 7) is -0.171. The number of carbonyl (C=O) groups is 2. The summed E-state index contributed by atoms with van der Waals surface area (Å²) < 4.78 is 30.9. The average Bonchev–Trinajstić information content (AvgIpc) is 3.17. The van der Waals surface area contributed by atoms with Gasteiger partial charge < -0.3 is 15.4 Å². The molecule has 0 aliphatic rings. The van der Waals surface area contributed by atoms with Crippen molar-refractivity contribution in [3.05, 3.63) is 70.2 Å². The maximum atomic E-state index is 12.9. The Labute approximate surface area is 162 Å². The minimum absolute atomic E-state index is 0.0765. The van der Waals surface area contributed by atoms with Gasteiger partial charge in [0.25, 0.3) is 11.8 Å². The van der Waals surface area contributed by atoms with Gasteiger partial charge in [-0.3, -0.25) is 9.59 Å². The van der Waals surface area contributed by atoms with E-state index in [9.17, 15) is 18.4 Å². The second kappa shape index (κ2) is 9.00. The van der Waals surface area contributed by atoms with Crippen LogP contribution in [0.5, 0.6) is 5.75 Å². The zero-order chi connectivity index (χ0) is 19.9. The minimum Gasteiger partial charge on any atom is -0.484 e. The van der Waals surface area contributed by atoms with Crippen LogP contribution >= 0.6 is 11.3 Å². The smallest absolute Gasteiger partial charge is 0.286 e. The molecular formula is C18H14F2N4O3S. The molecule has 1 heterocycles. The third-order valence-corrected chi connectivity index (χ3v) is 4.31. The quantitative estimate of drug-likeness (QED) is 0.632. The van der Waals surface area contributed by atoms with Gasteiger partial charge in [0.15, 0.2) is 6.61 Å². The van der Waals surface area contributed by atoms with Crippen molar-refractivity contribution in [1.29, 1.82) is 0 Å². The van der Waals surface area contributed by atoms with E-state index in [1.165, 1.54) is 48.5 Å². The summed E-state index contributed by atoms with van der Waals surface area (Å²) in [5.41, 5.74) is 0.425. The first-order chi connectivity index (χ1) is 13.5. The molecule has 0 saturated heterocycles. The SMILES string of the molecule is O=C(COc1ccc(F)cc1)NCc1nnc(C(=O)Nc2ccc(F)cc2)s1. The summed E-state index contributed by atoms with van der Waals surface area (Å²) in [5.74, 6) is -1.33. The Hall–Kier alpha value is -3.40. The van der Waals surface area contributed by atoms with Gasteiger partial charge >= 0.3 is 0 Å². The molecule has 0 aliphatic carbocycles. The van der Waals surface area contributed by atoms with Gasteiger partial charge in [0.2, 0.25) is 5.01 Å². The molecule has 0 atom stereocenters. The summed E-state index contributed by atoms with van der Waals surface area (Å²) in [5, 5.41) is 13.3. The van der Waals surface area contributed by atoms with Gasteiger partial charge in [-0.25, -0.2) is 8.78 Å². The molecule has 3 rings (SSSR count). The van der Waals surface area contributed by atoms with Crippen molar-refractivity contribution in [3.8, 4) is 5.75 Å². The molecule has 0 unspecified atom stereocenters. The minimum atomic E-state index is -0.485. The number of benzene rings is 2.